The lowest BCUT2D eigenvalue weighted by Crippen LogP contribution is -2.47. The SMILES string of the molecule is CC.CC(=O)Cc1ccc(Cl)cc1.CN1CC(O)C1. The van der Waals surface area contributed by atoms with E-state index in [9.17, 15) is 4.79 Å². The molecule has 2 rings (SSSR count). The molecule has 0 bridgehead atoms. The fourth-order valence-electron chi connectivity index (χ4n) is 1.56. The summed E-state index contributed by atoms with van der Waals surface area (Å²) in [4.78, 5) is 12.7. The number of rotatable bonds is 2. The Bertz CT molecular complexity index is 353. The van der Waals surface area contributed by atoms with Crippen LogP contribution in [0.15, 0.2) is 24.3 Å². The molecule has 0 amide bonds. The standard InChI is InChI=1S/C9H9ClO.C4H9NO.C2H6/c1-7(11)6-8-2-4-9(10)5-3-8;1-5-2-4(6)3-5;1-2/h2-5H,6H2,1H3;4,6H,2-3H2,1H3;1-2H3. The van der Waals surface area contributed by atoms with Crippen molar-refractivity contribution in [2.75, 3.05) is 20.1 Å². The Hall–Kier alpha value is -0.900. The quantitative estimate of drug-likeness (QED) is 0.908. The molecule has 1 fully saturated rings. The number of halogens is 1. The van der Waals surface area contributed by atoms with Crippen LogP contribution in [0.1, 0.15) is 26.3 Å². The van der Waals surface area contributed by atoms with Crippen LogP contribution in [-0.2, 0) is 11.2 Å². The van der Waals surface area contributed by atoms with Gasteiger partial charge in [0.25, 0.3) is 0 Å². The highest BCUT2D eigenvalue weighted by Crippen LogP contribution is 2.09. The van der Waals surface area contributed by atoms with Gasteiger partial charge in [0.05, 0.1) is 6.10 Å². The zero-order valence-corrected chi connectivity index (χ0v) is 12.9. The number of aliphatic hydroxyl groups excluding tert-OH is 1. The van der Waals surface area contributed by atoms with E-state index in [0.29, 0.717) is 11.4 Å². The van der Waals surface area contributed by atoms with Crippen LogP contribution >= 0.6 is 11.6 Å². The Balaban J connectivity index is 0.000000341. The molecule has 1 N–H and O–H groups in total. The molecule has 0 unspecified atom stereocenters. The Morgan fingerprint density at radius 3 is 2.05 bits per heavy atom. The minimum Gasteiger partial charge on any atom is -0.390 e. The molecule has 1 saturated heterocycles. The minimum atomic E-state index is -0.0324. The maximum Gasteiger partial charge on any atom is 0.134 e. The van der Waals surface area contributed by atoms with Crippen LogP contribution in [0.25, 0.3) is 0 Å². The number of hydrogen-bond donors (Lipinski definition) is 1. The molecule has 0 radical (unpaired) electrons. The number of aliphatic hydroxyl groups is 1. The van der Waals surface area contributed by atoms with Gasteiger partial charge in [-0.3, -0.25) is 4.79 Å². The van der Waals surface area contributed by atoms with Gasteiger partial charge in [0.2, 0.25) is 0 Å². The first-order valence-corrected chi connectivity index (χ1v) is 6.95. The predicted octanol–water partition coefficient (Wildman–Crippen LogP) is 2.79. The number of benzene rings is 1. The lowest BCUT2D eigenvalue weighted by molar-refractivity contribution is -0.116. The molecule has 1 aliphatic heterocycles. The molecule has 1 aromatic rings. The topological polar surface area (TPSA) is 40.5 Å². The van der Waals surface area contributed by atoms with Crippen LogP contribution in [-0.4, -0.2) is 42.0 Å². The summed E-state index contributed by atoms with van der Waals surface area (Å²) in [6.07, 6.45) is 0.465. The summed E-state index contributed by atoms with van der Waals surface area (Å²) in [5.41, 5.74) is 1.02. The first-order valence-electron chi connectivity index (χ1n) is 6.58. The Labute approximate surface area is 121 Å². The summed E-state index contributed by atoms with van der Waals surface area (Å²) in [5, 5.41) is 9.28. The zero-order chi connectivity index (χ0) is 14.8. The van der Waals surface area contributed by atoms with Gasteiger partial charge < -0.3 is 10.0 Å². The van der Waals surface area contributed by atoms with Crippen LogP contribution < -0.4 is 0 Å². The van der Waals surface area contributed by atoms with Crippen molar-refractivity contribution in [3.8, 4) is 0 Å². The maximum absolute atomic E-state index is 10.7. The van der Waals surface area contributed by atoms with E-state index in [4.69, 9.17) is 16.7 Å². The smallest absolute Gasteiger partial charge is 0.134 e. The third-order valence-electron chi connectivity index (χ3n) is 2.41. The highest BCUT2D eigenvalue weighted by atomic mass is 35.5. The van der Waals surface area contributed by atoms with Crippen molar-refractivity contribution >= 4 is 17.4 Å². The fraction of sp³-hybridized carbons (Fsp3) is 0.533. The number of Topliss-reactive ketones (excluding diaryl/α,β-unsaturated/α-hetero) is 1. The number of hydrogen-bond acceptors (Lipinski definition) is 3. The maximum atomic E-state index is 10.7. The first-order chi connectivity index (χ1) is 8.97. The van der Waals surface area contributed by atoms with Crippen molar-refractivity contribution in [1.29, 1.82) is 0 Å². The van der Waals surface area contributed by atoms with Crippen LogP contribution in [0.3, 0.4) is 0 Å². The molecule has 0 saturated carbocycles. The monoisotopic (exact) mass is 285 g/mol. The number of carbonyl (C=O) groups is 1. The van der Waals surface area contributed by atoms with Gasteiger partial charge in [-0.25, -0.2) is 0 Å². The molecule has 1 heterocycles. The number of nitrogens with zero attached hydrogens (tertiary/aromatic N) is 1. The average molecular weight is 286 g/mol. The predicted molar refractivity (Wildman–Crippen MR) is 80.7 cm³/mol. The summed E-state index contributed by atoms with van der Waals surface area (Å²) in [6.45, 7) is 7.30. The summed E-state index contributed by atoms with van der Waals surface area (Å²) < 4.78 is 0. The van der Waals surface area contributed by atoms with E-state index in [1.165, 1.54) is 0 Å². The summed E-state index contributed by atoms with van der Waals surface area (Å²) in [7, 11) is 1.99. The fourth-order valence-corrected chi connectivity index (χ4v) is 1.68. The molecule has 4 heteroatoms. The van der Waals surface area contributed by atoms with Crippen molar-refractivity contribution in [3.63, 3.8) is 0 Å². The Morgan fingerprint density at radius 1 is 1.32 bits per heavy atom. The van der Waals surface area contributed by atoms with Gasteiger partial charge in [0.15, 0.2) is 0 Å². The largest absolute Gasteiger partial charge is 0.390 e. The van der Waals surface area contributed by atoms with Crippen molar-refractivity contribution in [3.05, 3.63) is 34.9 Å². The number of likely N-dealkylation sites (N-methyl/N-ethyl adjacent to an activating group) is 1. The number of β-amino-alcohol motifs (C(OH)–C–C–N with tert-alkyl or cyclic N) is 1. The highest BCUT2D eigenvalue weighted by molar-refractivity contribution is 6.30. The third-order valence-corrected chi connectivity index (χ3v) is 2.66. The Kier molecular flexibility index (Phi) is 9.48. The average Bonchev–Trinajstić information content (AvgIpc) is 2.34. The minimum absolute atomic E-state index is 0.0324. The Morgan fingerprint density at radius 2 is 1.79 bits per heavy atom. The normalized spacial score (nSPS) is 14.4. The summed E-state index contributed by atoms with van der Waals surface area (Å²) in [5.74, 6) is 0.173. The van der Waals surface area contributed by atoms with Crippen LogP contribution in [0.2, 0.25) is 5.02 Å². The second kappa shape index (κ2) is 9.96. The van der Waals surface area contributed by atoms with Gasteiger partial charge in [-0.05, 0) is 31.7 Å². The second-order valence-corrected chi connectivity index (χ2v) is 4.82. The lowest BCUT2D eigenvalue weighted by atomic mass is 10.1. The van der Waals surface area contributed by atoms with E-state index >= 15 is 0 Å². The van der Waals surface area contributed by atoms with Crippen molar-refractivity contribution < 1.29 is 9.90 Å². The molecular formula is C15H24ClNO2. The van der Waals surface area contributed by atoms with Gasteiger partial charge in [0.1, 0.15) is 5.78 Å². The molecule has 19 heavy (non-hydrogen) atoms. The van der Waals surface area contributed by atoms with Crippen molar-refractivity contribution in [2.45, 2.75) is 33.3 Å². The number of ketones is 1. The van der Waals surface area contributed by atoms with E-state index in [1.807, 2.05) is 33.0 Å². The molecule has 1 aliphatic rings. The van der Waals surface area contributed by atoms with E-state index < -0.39 is 0 Å². The van der Waals surface area contributed by atoms with Crippen molar-refractivity contribution in [1.82, 2.24) is 4.90 Å². The van der Waals surface area contributed by atoms with Gasteiger partial charge in [-0.1, -0.05) is 37.6 Å². The van der Waals surface area contributed by atoms with E-state index in [0.717, 1.165) is 18.7 Å². The summed E-state index contributed by atoms with van der Waals surface area (Å²) in [6, 6.07) is 7.31. The van der Waals surface area contributed by atoms with Gasteiger partial charge in [0, 0.05) is 24.5 Å². The van der Waals surface area contributed by atoms with Crippen LogP contribution in [0.4, 0.5) is 0 Å². The summed E-state index contributed by atoms with van der Waals surface area (Å²) >= 11 is 5.66. The second-order valence-electron chi connectivity index (χ2n) is 4.38. The molecule has 0 spiro atoms. The van der Waals surface area contributed by atoms with E-state index in [2.05, 4.69) is 4.90 Å². The van der Waals surface area contributed by atoms with Crippen LogP contribution in [0, 0.1) is 0 Å². The van der Waals surface area contributed by atoms with E-state index in [-0.39, 0.29) is 11.9 Å². The van der Waals surface area contributed by atoms with Crippen LogP contribution in [0.5, 0.6) is 0 Å². The first kappa shape index (κ1) is 18.1. The highest BCUT2D eigenvalue weighted by Gasteiger charge is 2.18. The van der Waals surface area contributed by atoms with Gasteiger partial charge >= 0.3 is 0 Å². The molecule has 0 aromatic heterocycles. The number of carbonyl (C=O) groups excluding carboxylic acids is 1. The van der Waals surface area contributed by atoms with Gasteiger partial charge in [-0.2, -0.15) is 0 Å². The zero-order valence-electron chi connectivity index (χ0n) is 12.2. The third kappa shape index (κ3) is 8.76. The lowest BCUT2D eigenvalue weighted by Gasteiger charge is -2.31. The molecule has 0 aliphatic carbocycles. The molecular weight excluding hydrogens is 262 g/mol. The number of likely N-dealkylation sites (tertiary alicyclic amines) is 1. The molecule has 108 valence electrons. The molecule has 3 nitrogen and oxygen atoms in total. The van der Waals surface area contributed by atoms with Gasteiger partial charge in [-0.15, -0.1) is 0 Å². The molecule has 1 aromatic carbocycles. The van der Waals surface area contributed by atoms with E-state index in [1.54, 1.807) is 19.1 Å². The molecule has 0 atom stereocenters. The van der Waals surface area contributed by atoms with Crippen molar-refractivity contribution in [2.24, 2.45) is 0 Å².